The third-order valence-corrected chi connectivity index (χ3v) is 9.30. The van der Waals surface area contributed by atoms with Gasteiger partial charge in [0.05, 0.1) is 19.8 Å². The normalized spacial score (nSPS) is 14.6. The lowest BCUT2D eigenvalue weighted by Crippen LogP contribution is -2.29. The van der Waals surface area contributed by atoms with E-state index in [1.807, 2.05) is 0 Å². The van der Waals surface area contributed by atoms with Crippen LogP contribution in [0.2, 0.25) is 0 Å². The van der Waals surface area contributed by atoms with Crippen LogP contribution in [0.1, 0.15) is 155 Å². The number of hydrogen-bond donors (Lipinski definition) is 3. The largest absolute Gasteiger partial charge is 0.472 e. The lowest BCUT2D eigenvalue weighted by atomic mass is 10.1. The maximum Gasteiger partial charge on any atom is 0.472 e. The van der Waals surface area contributed by atoms with Gasteiger partial charge in [-0.15, -0.1) is 0 Å². The summed E-state index contributed by atoms with van der Waals surface area (Å²) in [7, 11) is -4.63. The highest BCUT2D eigenvalue weighted by Crippen LogP contribution is 2.43. The van der Waals surface area contributed by atoms with Crippen molar-refractivity contribution in [2.75, 3.05) is 26.4 Å². The van der Waals surface area contributed by atoms with Crippen LogP contribution in [0.5, 0.6) is 0 Å². The average Bonchev–Trinajstić information content (AvgIpc) is 3.17. The van der Waals surface area contributed by atoms with Crippen molar-refractivity contribution < 1.29 is 47.8 Å². The summed E-state index contributed by atoms with van der Waals surface area (Å²) in [5, 5.41) is 18.3. The van der Waals surface area contributed by atoms with Crippen LogP contribution in [-0.4, -0.2) is 65.7 Å². The second kappa shape index (κ2) is 39.6. The molecule has 0 aromatic carbocycles. The highest BCUT2D eigenvalue weighted by Gasteiger charge is 2.27. The highest BCUT2D eigenvalue weighted by molar-refractivity contribution is 7.47. The Balaban J connectivity index is 4.40. The van der Waals surface area contributed by atoms with Crippen LogP contribution in [0.4, 0.5) is 0 Å². The summed E-state index contributed by atoms with van der Waals surface area (Å²) in [4.78, 5) is 34.9. The van der Waals surface area contributed by atoms with E-state index in [9.17, 15) is 24.2 Å². The molecule has 0 fully saturated rings. The second-order valence-electron chi connectivity index (χ2n) is 13.6. The first-order chi connectivity index (χ1) is 26.7. The number of carbonyl (C=O) groups excluding carboxylic acids is 2. The summed E-state index contributed by atoms with van der Waals surface area (Å²) in [6.45, 7) is 2.16. The van der Waals surface area contributed by atoms with Crippen LogP contribution in [0.15, 0.2) is 72.9 Å². The van der Waals surface area contributed by atoms with E-state index in [4.69, 9.17) is 19.1 Å². The van der Waals surface area contributed by atoms with Gasteiger partial charge < -0.3 is 24.6 Å². The molecule has 0 aromatic heterocycles. The zero-order valence-electron chi connectivity index (χ0n) is 34.1. The summed E-state index contributed by atoms with van der Waals surface area (Å²) >= 11 is 0. The smallest absolute Gasteiger partial charge is 0.462 e. The van der Waals surface area contributed by atoms with Crippen molar-refractivity contribution >= 4 is 19.8 Å². The molecular weight excluding hydrogens is 719 g/mol. The molecule has 0 rings (SSSR count). The van der Waals surface area contributed by atoms with Crippen molar-refractivity contribution in [1.29, 1.82) is 0 Å². The number of phosphoric acid groups is 1. The minimum absolute atomic E-state index is 0.126. The molecule has 0 saturated carbocycles. The maximum atomic E-state index is 12.6. The van der Waals surface area contributed by atoms with Gasteiger partial charge in [0.2, 0.25) is 0 Å². The first kappa shape index (κ1) is 52.4. The summed E-state index contributed by atoms with van der Waals surface area (Å²) < 4.78 is 32.6. The fraction of sp³-hybridized carbons (Fsp3) is 0.682. The number of rotatable bonds is 38. The Hall–Kier alpha value is -2.59. The summed E-state index contributed by atoms with van der Waals surface area (Å²) in [5.74, 6) is -0.989. The fourth-order valence-electron chi connectivity index (χ4n) is 5.13. The zero-order valence-corrected chi connectivity index (χ0v) is 35.0. The fourth-order valence-corrected chi connectivity index (χ4v) is 5.92. The van der Waals surface area contributed by atoms with Crippen LogP contribution in [0, 0.1) is 0 Å². The van der Waals surface area contributed by atoms with Gasteiger partial charge >= 0.3 is 19.8 Å². The number of aliphatic hydroxyl groups is 2. The molecule has 0 aliphatic carbocycles. The van der Waals surface area contributed by atoms with Crippen LogP contribution in [-0.2, 0) is 32.7 Å². The van der Waals surface area contributed by atoms with Gasteiger partial charge in [0.1, 0.15) is 12.7 Å². The first-order valence-corrected chi connectivity index (χ1v) is 22.4. The molecular formula is C44H75O10P. The number of hydrogen-bond acceptors (Lipinski definition) is 9. The Morgan fingerprint density at radius 2 is 1.00 bits per heavy atom. The predicted molar refractivity (Wildman–Crippen MR) is 223 cm³/mol. The molecule has 10 nitrogen and oxygen atoms in total. The van der Waals surface area contributed by atoms with E-state index < -0.39 is 51.8 Å². The third kappa shape index (κ3) is 39.4. The predicted octanol–water partition coefficient (Wildman–Crippen LogP) is 10.9. The summed E-state index contributed by atoms with van der Waals surface area (Å²) in [6.07, 6.45) is 44.4. The molecule has 0 heterocycles. The minimum atomic E-state index is -4.63. The standard InChI is InChI=1S/C44H75O10P/c1-3-5-7-9-11-13-15-17-19-20-22-23-25-27-29-31-33-35-43(47)51-39-42(40-53-55(49,50)52-38-41(46)37-45)54-44(48)36-34-32-30-28-26-24-21-18-16-14-12-10-8-6-4-2/h6,8,11-14,17-19,21,26,28,41-42,45-46H,3-5,7,9-10,15-16,20,22-25,27,29-40H2,1-2H3,(H,49,50)/b8-6+,13-11+,14-12+,19-17+,21-18+,28-26+/t41-,42+/m0/s1. The Morgan fingerprint density at radius 1 is 0.564 bits per heavy atom. The van der Waals surface area contributed by atoms with Crippen molar-refractivity contribution in [1.82, 2.24) is 0 Å². The van der Waals surface area contributed by atoms with Crippen molar-refractivity contribution in [3.63, 3.8) is 0 Å². The molecule has 11 heteroatoms. The molecule has 0 radical (unpaired) electrons. The van der Waals surface area contributed by atoms with E-state index in [1.54, 1.807) is 0 Å². The second-order valence-corrected chi connectivity index (χ2v) is 15.1. The summed E-state index contributed by atoms with van der Waals surface area (Å²) in [6, 6.07) is 0. The van der Waals surface area contributed by atoms with Crippen molar-refractivity contribution in [3.05, 3.63) is 72.9 Å². The van der Waals surface area contributed by atoms with Crippen molar-refractivity contribution in [2.24, 2.45) is 0 Å². The SMILES string of the molecule is CC/C=C/C/C=C/C/C=C/C/C=C/CCCCC(=O)O[C@H](COC(=O)CCCCCCCCC/C=C/C/C=C/CCCCC)COP(=O)(O)OC[C@@H](O)CO. The number of carbonyl (C=O) groups is 2. The summed E-state index contributed by atoms with van der Waals surface area (Å²) in [5.41, 5.74) is 0. The van der Waals surface area contributed by atoms with Gasteiger partial charge in [-0.1, -0.05) is 132 Å². The Bertz CT molecular complexity index is 1140. The number of unbranched alkanes of at least 4 members (excludes halogenated alkanes) is 12. The zero-order chi connectivity index (χ0) is 40.5. The van der Waals surface area contributed by atoms with Gasteiger partial charge in [-0.2, -0.15) is 0 Å². The van der Waals surface area contributed by atoms with Crippen molar-refractivity contribution in [3.8, 4) is 0 Å². The lowest BCUT2D eigenvalue weighted by Gasteiger charge is -2.20. The number of aliphatic hydroxyl groups excluding tert-OH is 2. The van der Waals surface area contributed by atoms with Gasteiger partial charge in [0.15, 0.2) is 6.10 Å². The van der Waals surface area contributed by atoms with Crippen LogP contribution >= 0.6 is 7.82 Å². The Labute approximate surface area is 333 Å². The lowest BCUT2D eigenvalue weighted by molar-refractivity contribution is -0.161. The molecule has 0 aliphatic heterocycles. The van der Waals surface area contributed by atoms with E-state index in [2.05, 4.69) is 91.3 Å². The minimum Gasteiger partial charge on any atom is -0.462 e. The molecule has 0 aromatic rings. The van der Waals surface area contributed by atoms with Gasteiger partial charge in [-0.3, -0.25) is 18.6 Å². The number of esters is 2. The quantitative estimate of drug-likeness (QED) is 0.0239. The third-order valence-electron chi connectivity index (χ3n) is 8.34. The van der Waals surface area contributed by atoms with E-state index in [1.165, 1.54) is 44.9 Å². The average molecular weight is 795 g/mol. The van der Waals surface area contributed by atoms with Gasteiger partial charge in [0, 0.05) is 12.8 Å². The number of ether oxygens (including phenoxy) is 2. The van der Waals surface area contributed by atoms with E-state index in [0.717, 1.165) is 70.6 Å². The van der Waals surface area contributed by atoms with Crippen LogP contribution in [0.25, 0.3) is 0 Å². The van der Waals surface area contributed by atoms with Gasteiger partial charge in [-0.25, -0.2) is 4.57 Å². The molecule has 0 amide bonds. The van der Waals surface area contributed by atoms with Crippen LogP contribution < -0.4 is 0 Å². The molecule has 1 unspecified atom stereocenters. The molecule has 316 valence electrons. The topological polar surface area (TPSA) is 149 Å². The number of allylic oxidation sites excluding steroid dienone is 12. The van der Waals surface area contributed by atoms with Crippen molar-refractivity contribution in [2.45, 2.75) is 167 Å². The van der Waals surface area contributed by atoms with E-state index >= 15 is 0 Å². The molecule has 0 saturated heterocycles. The van der Waals surface area contributed by atoms with E-state index in [0.29, 0.717) is 12.8 Å². The maximum absolute atomic E-state index is 12.6. The first-order valence-electron chi connectivity index (χ1n) is 20.9. The molecule has 3 N–H and O–H groups in total. The monoisotopic (exact) mass is 795 g/mol. The molecule has 3 atom stereocenters. The Morgan fingerprint density at radius 3 is 1.55 bits per heavy atom. The Kier molecular flexibility index (Phi) is 37.8. The highest BCUT2D eigenvalue weighted by atomic mass is 31.2. The molecule has 0 spiro atoms. The van der Waals surface area contributed by atoms with Gasteiger partial charge in [0.25, 0.3) is 0 Å². The number of phosphoric ester groups is 1. The van der Waals surface area contributed by atoms with Crippen LogP contribution in [0.3, 0.4) is 0 Å². The van der Waals surface area contributed by atoms with Gasteiger partial charge in [-0.05, 0) is 83.5 Å². The van der Waals surface area contributed by atoms with E-state index in [-0.39, 0.29) is 19.4 Å². The molecule has 0 bridgehead atoms. The molecule has 55 heavy (non-hydrogen) atoms. The molecule has 0 aliphatic rings.